The van der Waals surface area contributed by atoms with Gasteiger partial charge in [0.1, 0.15) is 5.75 Å². The SMILES string of the molecule is CCCOc1ccc(C(=O)Nc2ccc(Br)c(C)c2)cc1. The fourth-order valence-electron chi connectivity index (χ4n) is 1.85. The Morgan fingerprint density at radius 2 is 1.90 bits per heavy atom. The van der Waals surface area contributed by atoms with Crippen molar-refractivity contribution in [2.75, 3.05) is 11.9 Å². The van der Waals surface area contributed by atoms with Crippen LogP contribution in [-0.2, 0) is 0 Å². The molecule has 0 spiro atoms. The number of anilines is 1. The average Bonchev–Trinajstić information content (AvgIpc) is 2.49. The second-order valence-electron chi connectivity index (χ2n) is 4.79. The van der Waals surface area contributed by atoms with E-state index in [0.717, 1.165) is 27.9 Å². The van der Waals surface area contributed by atoms with Crippen molar-refractivity contribution in [2.24, 2.45) is 0 Å². The number of hydrogen-bond acceptors (Lipinski definition) is 2. The van der Waals surface area contributed by atoms with Gasteiger partial charge in [0.15, 0.2) is 0 Å². The van der Waals surface area contributed by atoms with E-state index < -0.39 is 0 Å². The zero-order chi connectivity index (χ0) is 15.2. The quantitative estimate of drug-likeness (QED) is 0.843. The van der Waals surface area contributed by atoms with E-state index in [-0.39, 0.29) is 5.91 Å². The first-order valence-electron chi connectivity index (χ1n) is 6.90. The Hall–Kier alpha value is -1.81. The highest BCUT2D eigenvalue weighted by Gasteiger charge is 2.07. The van der Waals surface area contributed by atoms with Gasteiger partial charge in [0.25, 0.3) is 5.91 Å². The first kappa shape index (κ1) is 15.6. The summed E-state index contributed by atoms with van der Waals surface area (Å²) in [6.07, 6.45) is 0.963. The average molecular weight is 348 g/mol. The van der Waals surface area contributed by atoms with Crippen molar-refractivity contribution in [1.29, 1.82) is 0 Å². The summed E-state index contributed by atoms with van der Waals surface area (Å²) in [5, 5.41) is 2.89. The van der Waals surface area contributed by atoms with Crippen molar-refractivity contribution in [3.05, 3.63) is 58.1 Å². The maximum atomic E-state index is 12.2. The second-order valence-corrected chi connectivity index (χ2v) is 5.65. The zero-order valence-electron chi connectivity index (χ0n) is 12.2. The lowest BCUT2D eigenvalue weighted by Crippen LogP contribution is -2.11. The molecule has 0 saturated carbocycles. The molecule has 1 N–H and O–H groups in total. The molecule has 2 aromatic carbocycles. The molecule has 2 aromatic rings. The molecule has 0 saturated heterocycles. The van der Waals surface area contributed by atoms with Gasteiger partial charge < -0.3 is 10.1 Å². The number of aryl methyl sites for hydroxylation is 1. The van der Waals surface area contributed by atoms with Crippen molar-refractivity contribution in [3.8, 4) is 5.75 Å². The third-order valence-corrected chi connectivity index (χ3v) is 3.89. The van der Waals surface area contributed by atoms with E-state index in [4.69, 9.17) is 4.74 Å². The van der Waals surface area contributed by atoms with Gasteiger partial charge >= 0.3 is 0 Å². The van der Waals surface area contributed by atoms with Gasteiger partial charge in [0.2, 0.25) is 0 Å². The Morgan fingerprint density at radius 1 is 1.19 bits per heavy atom. The summed E-state index contributed by atoms with van der Waals surface area (Å²) in [5.41, 5.74) is 2.47. The molecule has 0 aliphatic rings. The standard InChI is InChI=1S/C17H18BrNO2/c1-3-10-21-15-7-4-13(5-8-15)17(20)19-14-6-9-16(18)12(2)11-14/h4-9,11H,3,10H2,1-2H3,(H,19,20). The normalized spacial score (nSPS) is 10.2. The highest BCUT2D eigenvalue weighted by Crippen LogP contribution is 2.21. The van der Waals surface area contributed by atoms with E-state index in [0.29, 0.717) is 12.2 Å². The minimum atomic E-state index is -0.126. The van der Waals surface area contributed by atoms with Crippen molar-refractivity contribution in [1.82, 2.24) is 0 Å². The Bertz CT molecular complexity index is 623. The number of carbonyl (C=O) groups is 1. The molecule has 0 radical (unpaired) electrons. The first-order valence-corrected chi connectivity index (χ1v) is 7.70. The summed E-state index contributed by atoms with van der Waals surface area (Å²) >= 11 is 3.44. The fraction of sp³-hybridized carbons (Fsp3) is 0.235. The van der Waals surface area contributed by atoms with Crippen LogP contribution in [-0.4, -0.2) is 12.5 Å². The number of nitrogens with one attached hydrogen (secondary N) is 1. The number of ether oxygens (including phenoxy) is 1. The highest BCUT2D eigenvalue weighted by atomic mass is 79.9. The van der Waals surface area contributed by atoms with Gasteiger partial charge in [-0.1, -0.05) is 22.9 Å². The molecular weight excluding hydrogens is 330 g/mol. The minimum Gasteiger partial charge on any atom is -0.494 e. The van der Waals surface area contributed by atoms with Gasteiger partial charge in [-0.05, 0) is 61.4 Å². The molecule has 4 heteroatoms. The molecule has 2 rings (SSSR count). The van der Waals surface area contributed by atoms with Crippen LogP contribution < -0.4 is 10.1 Å². The molecule has 21 heavy (non-hydrogen) atoms. The predicted octanol–water partition coefficient (Wildman–Crippen LogP) is 4.80. The molecule has 1 amide bonds. The van der Waals surface area contributed by atoms with E-state index >= 15 is 0 Å². The minimum absolute atomic E-state index is 0.126. The summed E-state index contributed by atoms with van der Waals surface area (Å²) in [6, 6.07) is 12.9. The van der Waals surface area contributed by atoms with E-state index in [1.165, 1.54) is 0 Å². The smallest absolute Gasteiger partial charge is 0.255 e. The lowest BCUT2D eigenvalue weighted by Gasteiger charge is -2.08. The van der Waals surface area contributed by atoms with Gasteiger partial charge in [-0.25, -0.2) is 0 Å². The largest absolute Gasteiger partial charge is 0.494 e. The van der Waals surface area contributed by atoms with Gasteiger partial charge in [-0.15, -0.1) is 0 Å². The highest BCUT2D eigenvalue weighted by molar-refractivity contribution is 9.10. The lowest BCUT2D eigenvalue weighted by molar-refractivity contribution is 0.102. The van der Waals surface area contributed by atoms with Crippen molar-refractivity contribution >= 4 is 27.5 Å². The Morgan fingerprint density at radius 3 is 2.52 bits per heavy atom. The van der Waals surface area contributed by atoms with E-state index in [1.54, 1.807) is 12.1 Å². The third-order valence-electron chi connectivity index (χ3n) is 3.01. The molecule has 0 unspecified atom stereocenters. The molecule has 0 aliphatic carbocycles. The third kappa shape index (κ3) is 4.33. The number of carbonyl (C=O) groups excluding carboxylic acids is 1. The molecule has 0 aromatic heterocycles. The van der Waals surface area contributed by atoms with Crippen LogP contribution in [0, 0.1) is 6.92 Å². The molecule has 3 nitrogen and oxygen atoms in total. The Kier molecular flexibility index (Phi) is 5.39. The predicted molar refractivity (Wildman–Crippen MR) is 89.1 cm³/mol. The van der Waals surface area contributed by atoms with Crippen LogP contribution in [0.1, 0.15) is 29.3 Å². The van der Waals surface area contributed by atoms with Crippen molar-refractivity contribution in [3.63, 3.8) is 0 Å². The summed E-state index contributed by atoms with van der Waals surface area (Å²) in [4.78, 5) is 12.2. The monoisotopic (exact) mass is 347 g/mol. The number of amides is 1. The number of hydrogen-bond donors (Lipinski definition) is 1. The van der Waals surface area contributed by atoms with Crippen LogP contribution >= 0.6 is 15.9 Å². The van der Waals surface area contributed by atoms with Crippen LogP contribution in [0.4, 0.5) is 5.69 Å². The summed E-state index contributed by atoms with van der Waals surface area (Å²) in [7, 11) is 0. The maximum Gasteiger partial charge on any atom is 0.255 e. The Balaban J connectivity index is 2.04. The first-order chi connectivity index (χ1) is 10.1. The zero-order valence-corrected chi connectivity index (χ0v) is 13.7. The fourth-order valence-corrected chi connectivity index (χ4v) is 2.09. The second kappa shape index (κ2) is 7.27. The number of rotatable bonds is 5. The van der Waals surface area contributed by atoms with Crippen LogP contribution in [0.15, 0.2) is 46.9 Å². The Labute approximate surface area is 133 Å². The number of halogens is 1. The van der Waals surface area contributed by atoms with E-state index in [2.05, 4.69) is 28.2 Å². The summed E-state index contributed by atoms with van der Waals surface area (Å²) in [6.45, 7) is 4.73. The van der Waals surface area contributed by atoms with Crippen molar-refractivity contribution in [2.45, 2.75) is 20.3 Å². The van der Waals surface area contributed by atoms with Crippen LogP contribution in [0.5, 0.6) is 5.75 Å². The van der Waals surface area contributed by atoms with E-state index in [1.807, 2.05) is 37.3 Å². The molecule has 0 bridgehead atoms. The molecule has 0 fully saturated rings. The maximum absolute atomic E-state index is 12.2. The van der Waals surface area contributed by atoms with Crippen LogP contribution in [0.3, 0.4) is 0 Å². The molecule has 0 aliphatic heterocycles. The summed E-state index contributed by atoms with van der Waals surface area (Å²) in [5.74, 6) is 0.659. The molecule has 0 atom stereocenters. The van der Waals surface area contributed by atoms with Gasteiger partial charge in [0.05, 0.1) is 6.61 Å². The van der Waals surface area contributed by atoms with E-state index in [9.17, 15) is 4.79 Å². The molecule has 0 heterocycles. The molecular formula is C17H18BrNO2. The van der Waals surface area contributed by atoms with Crippen LogP contribution in [0.25, 0.3) is 0 Å². The van der Waals surface area contributed by atoms with Gasteiger partial charge in [-0.2, -0.15) is 0 Å². The van der Waals surface area contributed by atoms with Crippen LogP contribution in [0.2, 0.25) is 0 Å². The number of benzene rings is 2. The topological polar surface area (TPSA) is 38.3 Å². The van der Waals surface area contributed by atoms with Gasteiger partial charge in [0, 0.05) is 15.7 Å². The summed E-state index contributed by atoms with van der Waals surface area (Å²) < 4.78 is 6.53. The van der Waals surface area contributed by atoms with Crippen molar-refractivity contribution < 1.29 is 9.53 Å². The molecule has 110 valence electrons. The van der Waals surface area contributed by atoms with Gasteiger partial charge in [-0.3, -0.25) is 4.79 Å². The lowest BCUT2D eigenvalue weighted by atomic mass is 10.2.